The van der Waals surface area contributed by atoms with Crippen molar-refractivity contribution < 1.29 is 13.2 Å². The summed E-state index contributed by atoms with van der Waals surface area (Å²) in [6.07, 6.45) is -4.83. The molecule has 0 rings (SSSR count). The molecule has 0 spiro atoms. The normalized spacial score (nSPS) is 15.7. The second-order valence-corrected chi connectivity index (χ2v) is 2.68. The molecule has 0 aromatic rings. The van der Waals surface area contributed by atoms with Crippen molar-refractivity contribution in [2.45, 2.75) is 31.3 Å². The van der Waals surface area contributed by atoms with Crippen LogP contribution in [0.5, 0.6) is 0 Å². The zero-order chi connectivity index (χ0) is 7.49. The Kier molecular flexibility index (Phi) is 3.33. The van der Waals surface area contributed by atoms with Gasteiger partial charge in [0, 0.05) is 11.8 Å². The third kappa shape index (κ3) is 8.08. The van der Waals surface area contributed by atoms with Gasteiger partial charge in [-0.2, -0.15) is 13.2 Å². The molecule has 1 unspecified atom stereocenters. The molecule has 0 nitrogen and oxygen atoms in total. The highest BCUT2D eigenvalue weighted by molar-refractivity contribution is 6.20. The van der Waals surface area contributed by atoms with E-state index in [0.717, 1.165) is 0 Å². The minimum atomic E-state index is -4.05. The highest BCUT2D eigenvalue weighted by Gasteiger charge is 2.26. The average Bonchev–Trinajstić information content (AvgIpc) is 1.59. The summed E-state index contributed by atoms with van der Waals surface area (Å²) in [6.45, 7) is 1.55. The van der Waals surface area contributed by atoms with Crippen LogP contribution in [0.4, 0.5) is 13.2 Å². The Morgan fingerprint density at radius 1 is 1.44 bits per heavy atom. The third-order valence-corrected chi connectivity index (χ3v) is 1.04. The van der Waals surface area contributed by atoms with Gasteiger partial charge in [0.15, 0.2) is 0 Å². The summed E-state index contributed by atoms with van der Waals surface area (Å²) in [7, 11) is 0. The van der Waals surface area contributed by atoms with E-state index in [-0.39, 0.29) is 11.8 Å². The SMILES string of the molecule is CC(Cl)CCC(F)(F)F. The third-order valence-electron chi connectivity index (χ3n) is 0.826. The Morgan fingerprint density at radius 2 is 1.89 bits per heavy atom. The van der Waals surface area contributed by atoms with Gasteiger partial charge in [-0.3, -0.25) is 0 Å². The number of rotatable bonds is 2. The summed E-state index contributed by atoms with van der Waals surface area (Å²) in [5.74, 6) is 0. The van der Waals surface area contributed by atoms with Gasteiger partial charge in [0.2, 0.25) is 0 Å². The highest BCUT2D eigenvalue weighted by Crippen LogP contribution is 2.23. The van der Waals surface area contributed by atoms with E-state index in [1.54, 1.807) is 6.92 Å². The Balaban J connectivity index is 3.28. The molecule has 0 aliphatic carbocycles. The zero-order valence-corrected chi connectivity index (χ0v) is 5.76. The van der Waals surface area contributed by atoms with Crippen LogP contribution in [0.15, 0.2) is 0 Å². The van der Waals surface area contributed by atoms with Crippen LogP contribution in [-0.4, -0.2) is 11.6 Å². The van der Waals surface area contributed by atoms with Crippen molar-refractivity contribution in [3.63, 3.8) is 0 Å². The van der Waals surface area contributed by atoms with Gasteiger partial charge in [0.1, 0.15) is 0 Å². The Hall–Kier alpha value is 0.0800. The van der Waals surface area contributed by atoms with E-state index in [9.17, 15) is 13.2 Å². The first-order valence-corrected chi connectivity index (χ1v) is 3.06. The Labute approximate surface area is 57.0 Å². The molecule has 56 valence electrons. The fourth-order valence-corrected chi connectivity index (χ4v) is 0.472. The van der Waals surface area contributed by atoms with Crippen molar-refractivity contribution in [3.05, 3.63) is 0 Å². The molecular formula is C5H8ClF3. The topological polar surface area (TPSA) is 0 Å². The van der Waals surface area contributed by atoms with Crippen LogP contribution < -0.4 is 0 Å². The molecule has 0 aromatic carbocycles. The quantitative estimate of drug-likeness (QED) is 0.545. The van der Waals surface area contributed by atoms with Gasteiger partial charge >= 0.3 is 6.18 Å². The molecule has 0 aromatic heterocycles. The molecule has 0 aliphatic heterocycles. The van der Waals surface area contributed by atoms with E-state index >= 15 is 0 Å². The fraction of sp³-hybridized carbons (Fsp3) is 1.00. The molecule has 0 heterocycles. The first-order valence-electron chi connectivity index (χ1n) is 2.62. The molecular weight excluding hydrogens is 153 g/mol. The number of hydrogen-bond acceptors (Lipinski definition) is 0. The minimum Gasteiger partial charge on any atom is -0.171 e. The maximum absolute atomic E-state index is 11.4. The van der Waals surface area contributed by atoms with Crippen molar-refractivity contribution in [2.75, 3.05) is 0 Å². The molecule has 0 saturated carbocycles. The summed E-state index contributed by atoms with van der Waals surface area (Å²) >= 11 is 5.28. The van der Waals surface area contributed by atoms with Crippen LogP contribution in [-0.2, 0) is 0 Å². The predicted molar refractivity (Wildman–Crippen MR) is 30.6 cm³/mol. The lowest BCUT2D eigenvalue weighted by Crippen LogP contribution is -2.09. The minimum absolute atomic E-state index is 0.00502. The predicted octanol–water partition coefficient (Wildman–Crippen LogP) is 2.96. The lowest BCUT2D eigenvalue weighted by Gasteiger charge is -2.05. The fourth-order valence-electron chi connectivity index (χ4n) is 0.363. The van der Waals surface area contributed by atoms with Crippen molar-refractivity contribution in [3.8, 4) is 0 Å². The van der Waals surface area contributed by atoms with Gasteiger partial charge in [0.25, 0.3) is 0 Å². The number of hydrogen-bond donors (Lipinski definition) is 0. The van der Waals surface area contributed by atoms with Crippen molar-refractivity contribution >= 4 is 11.6 Å². The van der Waals surface area contributed by atoms with E-state index in [4.69, 9.17) is 11.6 Å². The van der Waals surface area contributed by atoms with E-state index in [2.05, 4.69) is 0 Å². The highest BCUT2D eigenvalue weighted by atomic mass is 35.5. The molecule has 9 heavy (non-hydrogen) atoms. The van der Waals surface area contributed by atoms with Gasteiger partial charge in [-0.25, -0.2) is 0 Å². The largest absolute Gasteiger partial charge is 0.389 e. The van der Waals surface area contributed by atoms with Crippen molar-refractivity contribution in [1.29, 1.82) is 0 Å². The molecule has 0 radical (unpaired) electrons. The Morgan fingerprint density at radius 3 is 2.00 bits per heavy atom. The second kappa shape index (κ2) is 3.30. The van der Waals surface area contributed by atoms with E-state index < -0.39 is 12.6 Å². The lowest BCUT2D eigenvalue weighted by molar-refractivity contribution is -0.135. The summed E-state index contributed by atoms with van der Waals surface area (Å²) in [5, 5.41) is -0.383. The molecule has 0 amide bonds. The van der Waals surface area contributed by atoms with Crippen LogP contribution in [0.1, 0.15) is 19.8 Å². The monoisotopic (exact) mass is 160 g/mol. The van der Waals surface area contributed by atoms with Gasteiger partial charge in [-0.15, -0.1) is 11.6 Å². The summed E-state index contributed by atoms with van der Waals surface area (Å²) in [5.41, 5.74) is 0. The van der Waals surface area contributed by atoms with Gasteiger partial charge in [0.05, 0.1) is 0 Å². The Bertz CT molecular complexity index is 76.8. The molecule has 0 saturated heterocycles. The average molecular weight is 161 g/mol. The standard InChI is InChI=1S/C5H8ClF3/c1-4(6)2-3-5(7,8)9/h4H,2-3H2,1H3. The van der Waals surface area contributed by atoms with Gasteiger partial charge in [-0.05, 0) is 13.3 Å². The summed E-state index contributed by atoms with van der Waals surface area (Å²) in [4.78, 5) is 0. The van der Waals surface area contributed by atoms with E-state index in [0.29, 0.717) is 0 Å². The number of halogens is 4. The maximum Gasteiger partial charge on any atom is 0.389 e. The van der Waals surface area contributed by atoms with Crippen molar-refractivity contribution in [1.82, 2.24) is 0 Å². The molecule has 4 heteroatoms. The van der Waals surface area contributed by atoms with Gasteiger partial charge in [-0.1, -0.05) is 0 Å². The van der Waals surface area contributed by atoms with Crippen LogP contribution in [0.2, 0.25) is 0 Å². The molecule has 0 aliphatic rings. The second-order valence-electron chi connectivity index (χ2n) is 1.93. The maximum atomic E-state index is 11.4. The molecule has 0 bridgehead atoms. The van der Waals surface area contributed by atoms with E-state index in [1.807, 2.05) is 0 Å². The first-order chi connectivity index (χ1) is 3.92. The smallest absolute Gasteiger partial charge is 0.171 e. The zero-order valence-electron chi connectivity index (χ0n) is 5.00. The summed E-state index contributed by atoms with van der Waals surface area (Å²) < 4.78 is 34.1. The van der Waals surface area contributed by atoms with Crippen LogP contribution in [0.25, 0.3) is 0 Å². The molecule has 0 N–H and O–H groups in total. The van der Waals surface area contributed by atoms with Crippen LogP contribution in [0.3, 0.4) is 0 Å². The van der Waals surface area contributed by atoms with Crippen molar-refractivity contribution in [2.24, 2.45) is 0 Å². The number of alkyl halides is 4. The van der Waals surface area contributed by atoms with Crippen LogP contribution in [0, 0.1) is 0 Å². The van der Waals surface area contributed by atoms with E-state index in [1.165, 1.54) is 0 Å². The molecule has 1 atom stereocenters. The lowest BCUT2D eigenvalue weighted by atomic mass is 10.2. The summed E-state index contributed by atoms with van der Waals surface area (Å²) in [6, 6.07) is 0. The molecule has 0 fully saturated rings. The van der Waals surface area contributed by atoms with Gasteiger partial charge < -0.3 is 0 Å². The first kappa shape index (κ1) is 9.08. The van der Waals surface area contributed by atoms with Crippen LogP contribution >= 0.6 is 11.6 Å².